The van der Waals surface area contributed by atoms with Gasteiger partial charge in [-0.05, 0) is 73.6 Å². The molecule has 2 amide bonds. The predicted molar refractivity (Wildman–Crippen MR) is 133 cm³/mol. The molecule has 4 rings (SSSR count). The van der Waals surface area contributed by atoms with Gasteiger partial charge in [-0.15, -0.1) is 0 Å². The summed E-state index contributed by atoms with van der Waals surface area (Å²) in [4.78, 5) is 27.1. The Morgan fingerprint density at radius 3 is 2.19 bits per heavy atom. The average molecular weight is 526 g/mol. The average Bonchev–Trinajstić information content (AvgIpc) is 3.13. The van der Waals surface area contributed by atoms with E-state index in [1.54, 1.807) is 30.3 Å². The van der Waals surface area contributed by atoms with Crippen molar-refractivity contribution in [2.45, 2.75) is 20.4 Å². The van der Waals surface area contributed by atoms with Crippen LogP contribution in [0.1, 0.15) is 22.5 Å². The number of nitrogens with zero attached hydrogens (tertiary/aromatic N) is 2. The second kappa shape index (κ2) is 9.16. The Labute approximate surface area is 209 Å². The molecule has 0 saturated carbocycles. The molecule has 2 heterocycles. The zero-order valence-corrected chi connectivity index (χ0v) is 20.8. The van der Waals surface area contributed by atoms with Crippen molar-refractivity contribution < 1.29 is 9.59 Å². The number of rotatable bonds is 4. The second-order valence-corrected chi connectivity index (χ2v) is 9.94. The van der Waals surface area contributed by atoms with Crippen LogP contribution in [0.5, 0.6) is 0 Å². The number of imide groups is 1. The monoisotopic (exact) mass is 524 g/mol. The topological polar surface area (TPSA) is 42.3 Å². The molecule has 0 aliphatic carbocycles. The van der Waals surface area contributed by atoms with Gasteiger partial charge in [-0.2, -0.15) is 0 Å². The lowest BCUT2D eigenvalue weighted by molar-refractivity contribution is -0.123. The van der Waals surface area contributed by atoms with Crippen LogP contribution in [0.3, 0.4) is 0 Å². The number of benzene rings is 2. The Hall–Kier alpha value is -1.89. The van der Waals surface area contributed by atoms with Crippen molar-refractivity contribution in [3.05, 3.63) is 90.0 Å². The molecule has 0 bridgehead atoms. The van der Waals surface area contributed by atoms with Gasteiger partial charge < -0.3 is 4.57 Å². The molecule has 0 unspecified atom stereocenters. The highest BCUT2D eigenvalue weighted by Crippen LogP contribution is 2.36. The maximum absolute atomic E-state index is 13.0. The van der Waals surface area contributed by atoms with E-state index in [2.05, 4.69) is 0 Å². The van der Waals surface area contributed by atoms with Crippen LogP contribution in [0.4, 0.5) is 4.79 Å². The molecular formula is C23H16Cl4N2O2S. The molecule has 1 aliphatic rings. The molecule has 0 spiro atoms. The van der Waals surface area contributed by atoms with E-state index in [0.29, 0.717) is 30.6 Å². The molecule has 4 nitrogen and oxygen atoms in total. The highest BCUT2D eigenvalue weighted by molar-refractivity contribution is 8.18. The fourth-order valence-electron chi connectivity index (χ4n) is 3.62. The van der Waals surface area contributed by atoms with Crippen molar-refractivity contribution in [2.24, 2.45) is 0 Å². The minimum absolute atomic E-state index is 0.0144. The van der Waals surface area contributed by atoms with E-state index < -0.39 is 0 Å². The van der Waals surface area contributed by atoms with Crippen LogP contribution in [0.25, 0.3) is 11.8 Å². The smallest absolute Gasteiger partial charge is 0.293 e. The Bertz CT molecular complexity index is 1260. The maximum Gasteiger partial charge on any atom is 0.293 e. The van der Waals surface area contributed by atoms with Gasteiger partial charge >= 0.3 is 0 Å². The summed E-state index contributed by atoms with van der Waals surface area (Å²) in [6.07, 6.45) is 1.73. The molecule has 3 aromatic rings. The zero-order valence-electron chi connectivity index (χ0n) is 17.0. The van der Waals surface area contributed by atoms with Crippen molar-refractivity contribution in [2.75, 3.05) is 0 Å². The lowest BCUT2D eigenvalue weighted by atomic mass is 10.2. The predicted octanol–water partition coefficient (Wildman–Crippen LogP) is 7.94. The third-order valence-corrected chi connectivity index (χ3v) is 7.17. The second-order valence-electron chi connectivity index (χ2n) is 7.26. The van der Waals surface area contributed by atoms with Crippen molar-refractivity contribution in [3.63, 3.8) is 0 Å². The highest BCUT2D eigenvalue weighted by Gasteiger charge is 2.36. The number of hydrogen-bond acceptors (Lipinski definition) is 3. The molecule has 164 valence electrons. The van der Waals surface area contributed by atoms with Crippen LogP contribution in [-0.4, -0.2) is 20.6 Å². The minimum atomic E-state index is -0.383. The first kappa shape index (κ1) is 23.3. The number of aryl methyl sites for hydroxylation is 1. The molecule has 0 radical (unpaired) electrons. The van der Waals surface area contributed by atoms with E-state index in [1.165, 1.54) is 0 Å². The van der Waals surface area contributed by atoms with Gasteiger partial charge in [0.25, 0.3) is 11.1 Å². The first-order valence-corrected chi connectivity index (χ1v) is 11.8. The zero-order chi connectivity index (χ0) is 23.2. The summed E-state index contributed by atoms with van der Waals surface area (Å²) in [6.45, 7) is 3.90. The summed E-state index contributed by atoms with van der Waals surface area (Å²) >= 11 is 25.7. The molecular weight excluding hydrogens is 510 g/mol. The molecule has 32 heavy (non-hydrogen) atoms. The summed E-state index contributed by atoms with van der Waals surface area (Å²) in [5.41, 5.74) is 4.00. The Balaban J connectivity index is 1.66. The van der Waals surface area contributed by atoms with Crippen LogP contribution in [0.2, 0.25) is 20.1 Å². The normalized spacial score (nSPS) is 15.3. The quantitative estimate of drug-likeness (QED) is 0.324. The molecule has 0 N–H and O–H groups in total. The highest BCUT2D eigenvalue weighted by atomic mass is 35.5. The third kappa shape index (κ3) is 4.45. The van der Waals surface area contributed by atoms with E-state index >= 15 is 0 Å². The van der Waals surface area contributed by atoms with Crippen molar-refractivity contribution in [3.8, 4) is 5.69 Å². The molecule has 1 aliphatic heterocycles. The van der Waals surface area contributed by atoms with E-state index in [1.807, 2.05) is 36.6 Å². The van der Waals surface area contributed by atoms with Gasteiger partial charge in [-0.1, -0.05) is 52.5 Å². The standard InChI is InChI=1S/C23H16Cl4N2O2S/c1-12-6-14(13(2)29(12)17-9-15(24)8-16(25)10-17)7-21-22(30)28(23(31)32-21)11-18-19(26)4-3-5-20(18)27/h3-10H,11H2,1-2H3/b21-7-. The summed E-state index contributed by atoms with van der Waals surface area (Å²) in [5, 5.41) is 1.50. The molecule has 0 atom stereocenters. The first-order valence-electron chi connectivity index (χ1n) is 9.49. The van der Waals surface area contributed by atoms with Gasteiger partial charge in [0, 0.05) is 42.7 Å². The maximum atomic E-state index is 13.0. The summed E-state index contributed by atoms with van der Waals surface area (Å²) in [5.74, 6) is -0.383. The van der Waals surface area contributed by atoms with Gasteiger partial charge in [0.1, 0.15) is 0 Å². The number of aromatic nitrogens is 1. The van der Waals surface area contributed by atoms with Gasteiger partial charge in [-0.25, -0.2) is 0 Å². The van der Waals surface area contributed by atoms with Crippen LogP contribution in [0, 0.1) is 13.8 Å². The fourth-order valence-corrected chi connectivity index (χ4v) is 5.48. The van der Waals surface area contributed by atoms with Crippen LogP contribution in [0.15, 0.2) is 47.4 Å². The van der Waals surface area contributed by atoms with E-state index in [-0.39, 0.29) is 17.7 Å². The summed E-state index contributed by atoms with van der Waals surface area (Å²) < 4.78 is 2.00. The molecule has 2 aromatic carbocycles. The fraction of sp³-hybridized carbons (Fsp3) is 0.130. The van der Waals surface area contributed by atoms with Crippen LogP contribution >= 0.6 is 58.2 Å². The van der Waals surface area contributed by atoms with E-state index in [4.69, 9.17) is 46.4 Å². The van der Waals surface area contributed by atoms with Gasteiger partial charge in [0.2, 0.25) is 0 Å². The number of carbonyl (C=O) groups is 2. The Kier molecular flexibility index (Phi) is 6.66. The molecule has 1 saturated heterocycles. The summed E-state index contributed by atoms with van der Waals surface area (Å²) in [6, 6.07) is 12.3. The molecule has 1 fully saturated rings. The van der Waals surface area contributed by atoms with Crippen molar-refractivity contribution in [1.82, 2.24) is 9.47 Å². The molecule has 9 heteroatoms. The Morgan fingerprint density at radius 2 is 1.56 bits per heavy atom. The van der Waals surface area contributed by atoms with Crippen LogP contribution < -0.4 is 0 Å². The minimum Gasteiger partial charge on any atom is -0.318 e. The Morgan fingerprint density at radius 1 is 0.938 bits per heavy atom. The lowest BCUT2D eigenvalue weighted by Gasteiger charge is -2.14. The first-order chi connectivity index (χ1) is 15.2. The SMILES string of the molecule is Cc1cc(/C=C2\SC(=O)N(Cc3c(Cl)cccc3Cl)C2=O)c(C)n1-c1cc(Cl)cc(Cl)c1. The number of carbonyl (C=O) groups excluding carboxylic acids is 2. The number of halogens is 4. The van der Waals surface area contributed by atoms with Gasteiger partial charge in [0.05, 0.1) is 11.4 Å². The van der Waals surface area contributed by atoms with Gasteiger partial charge in [0.15, 0.2) is 0 Å². The van der Waals surface area contributed by atoms with Crippen LogP contribution in [-0.2, 0) is 11.3 Å². The third-order valence-electron chi connectivity index (χ3n) is 5.11. The number of hydrogen-bond donors (Lipinski definition) is 0. The lowest BCUT2D eigenvalue weighted by Crippen LogP contribution is -2.27. The van der Waals surface area contributed by atoms with Crippen molar-refractivity contribution >= 4 is 75.4 Å². The van der Waals surface area contributed by atoms with E-state index in [0.717, 1.165) is 39.3 Å². The van der Waals surface area contributed by atoms with Crippen molar-refractivity contribution in [1.29, 1.82) is 0 Å². The number of amides is 2. The molecule has 1 aromatic heterocycles. The van der Waals surface area contributed by atoms with E-state index in [9.17, 15) is 9.59 Å². The number of thioether (sulfide) groups is 1. The summed E-state index contributed by atoms with van der Waals surface area (Å²) in [7, 11) is 0. The largest absolute Gasteiger partial charge is 0.318 e. The van der Waals surface area contributed by atoms with Gasteiger partial charge in [-0.3, -0.25) is 14.5 Å².